The topological polar surface area (TPSA) is 92.8 Å². The average molecular weight is 488 g/mol. The Labute approximate surface area is 215 Å². The van der Waals surface area contributed by atoms with E-state index in [0.717, 1.165) is 39.2 Å². The van der Waals surface area contributed by atoms with Crippen molar-refractivity contribution in [1.82, 2.24) is 14.8 Å². The van der Waals surface area contributed by atoms with Crippen LogP contribution < -0.4 is 10.1 Å². The van der Waals surface area contributed by atoms with Crippen LogP contribution in [0.2, 0.25) is 0 Å². The maximum absolute atomic E-state index is 13.6. The summed E-state index contributed by atoms with van der Waals surface area (Å²) in [6.45, 7) is 4.35. The second-order valence-corrected chi connectivity index (χ2v) is 8.77. The molecule has 0 saturated carbocycles. The standard InChI is InChI=1S/C30H25N5O2/c1-19-29(20(2)35(34-19)18-22-10-8-21(17-31)9-11-22)33-30(36)26-16-28(23-12-14-24(37-3)15-13-23)32-27-7-5-4-6-25(26)27/h4-16H,18H2,1-3H3,(H,33,36). The monoisotopic (exact) mass is 487 g/mol. The number of para-hydroxylation sites is 1. The molecular weight excluding hydrogens is 462 g/mol. The molecule has 0 bridgehead atoms. The van der Waals surface area contributed by atoms with Crippen molar-refractivity contribution < 1.29 is 9.53 Å². The number of carbonyl (C=O) groups excluding carboxylic acids is 1. The van der Waals surface area contributed by atoms with Gasteiger partial charge in [0.2, 0.25) is 0 Å². The van der Waals surface area contributed by atoms with E-state index >= 15 is 0 Å². The van der Waals surface area contributed by atoms with Gasteiger partial charge in [0.05, 0.1) is 59.1 Å². The number of fused-ring (bicyclic) bond motifs is 1. The van der Waals surface area contributed by atoms with E-state index in [-0.39, 0.29) is 5.91 Å². The molecule has 0 aliphatic carbocycles. The lowest BCUT2D eigenvalue weighted by Gasteiger charge is -2.12. The van der Waals surface area contributed by atoms with E-state index < -0.39 is 0 Å². The third kappa shape index (κ3) is 4.78. The van der Waals surface area contributed by atoms with E-state index in [2.05, 4.69) is 16.5 Å². The summed E-state index contributed by atoms with van der Waals surface area (Å²) in [5, 5.41) is 17.6. The summed E-state index contributed by atoms with van der Waals surface area (Å²) in [4.78, 5) is 18.4. The SMILES string of the molecule is COc1ccc(-c2cc(C(=O)Nc3c(C)nn(Cc4ccc(C#N)cc4)c3C)c3ccccc3n2)cc1. The third-order valence-corrected chi connectivity index (χ3v) is 6.38. The van der Waals surface area contributed by atoms with Crippen LogP contribution in [-0.4, -0.2) is 27.8 Å². The summed E-state index contributed by atoms with van der Waals surface area (Å²) >= 11 is 0. The van der Waals surface area contributed by atoms with Gasteiger partial charge in [0, 0.05) is 10.9 Å². The van der Waals surface area contributed by atoms with Gasteiger partial charge >= 0.3 is 0 Å². The molecule has 0 aliphatic heterocycles. The van der Waals surface area contributed by atoms with Gasteiger partial charge in [-0.15, -0.1) is 0 Å². The smallest absolute Gasteiger partial charge is 0.256 e. The molecule has 0 atom stereocenters. The van der Waals surface area contributed by atoms with Gasteiger partial charge < -0.3 is 10.1 Å². The Bertz CT molecular complexity index is 1650. The number of amides is 1. The van der Waals surface area contributed by atoms with E-state index in [1.54, 1.807) is 19.2 Å². The van der Waals surface area contributed by atoms with Crippen molar-refractivity contribution in [3.8, 4) is 23.1 Å². The average Bonchev–Trinajstić information content (AvgIpc) is 3.20. The number of aromatic nitrogens is 3. The quantitative estimate of drug-likeness (QED) is 0.322. The first-order valence-electron chi connectivity index (χ1n) is 11.9. The molecule has 1 N–H and O–H groups in total. The highest BCUT2D eigenvalue weighted by Gasteiger charge is 2.19. The number of anilines is 1. The molecule has 2 aromatic heterocycles. The maximum Gasteiger partial charge on any atom is 0.256 e. The minimum absolute atomic E-state index is 0.225. The molecule has 1 amide bonds. The summed E-state index contributed by atoms with van der Waals surface area (Å²) in [6, 6.07) is 26.6. The van der Waals surface area contributed by atoms with E-state index in [1.165, 1.54) is 0 Å². The molecule has 0 aliphatic rings. The second kappa shape index (κ2) is 9.96. The van der Waals surface area contributed by atoms with Gasteiger partial charge in [-0.25, -0.2) is 4.98 Å². The molecule has 2 heterocycles. The fourth-order valence-electron chi connectivity index (χ4n) is 4.34. The van der Waals surface area contributed by atoms with Crippen molar-refractivity contribution in [2.24, 2.45) is 0 Å². The van der Waals surface area contributed by atoms with Crippen molar-refractivity contribution in [3.63, 3.8) is 0 Å². The van der Waals surface area contributed by atoms with Gasteiger partial charge in [0.1, 0.15) is 5.75 Å². The van der Waals surface area contributed by atoms with Crippen molar-refractivity contribution in [3.05, 3.63) is 107 Å². The largest absolute Gasteiger partial charge is 0.497 e. The Balaban J connectivity index is 1.47. The molecule has 7 nitrogen and oxygen atoms in total. The Morgan fingerprint density at radius 1 is 1.03 bits per heavy atom. The van der Waals surface area contributed by atoms with Crippen LogP contribution in [0.3, 0.4) is 0 Å². The molecule has 0 radical (unpaired) electrons. The van der Waals surface area contributed by atoms with Crippen molar-refractivity contribution in [2.45, 2.75) is 20.4 Å². The molecule has 3 aromatic carbocycles. The Morgan fingerprint density at radius 2 is 1.76 bits per heavy atom. The maximum atomic E-state index is 13.6. The van der Waals surface area contributed by atoms with Crippen molar-refractivity contribution in [2.75, 3.05) is 12.4 Å². The van der Waals surface area contributed by atoms with Crippen molar-refractivity contribution in [1.29, 1.82) is 5.26 Å². The van der Waals surface area contributed by atoms with Gasteiger partial charge in [-0.05, 0) is 67.9 Å². The highest BCUT2D eigenvalue weighted by atomic mass is 16.5. The number of aryl methyl sites for hydroxylation is 1. The summed E-state index contributed by atoms with van der Waals surface area (Å²) in [5.74, 6) is 0.531. The molecule has 182 valence electrons. The summed E-state index contributed by atoms with van der Waals surface area (Å²) < 4.78 is 7.13. The van der Waals surface area contributed by atoms with Crippen LogP contribution in [-0.2, 0) is 6.54 Å². The Kier molecular flexibility index (Phi) is 6.40. The van der Waals surface area contributed by atoms with Crippen LogP contribution in [0.1, 0.15) is 32.9 Å². The zero-order chi connectivity index (χ0) is 25.9. The number of pyridine rings is 1. The van der Waals surface area contributed by atoms with Crippen LogP contribution in [0.25, 0.3) is 22.2 Å². The van der Waals surface area contributed by atoms with Gasteiger partial charge in [-0.3, -0.25) is 9.48 Å². The summed E-state index contributed by atoms with van der Waals surface area (Å²) in [6.07, 6.45) is 0. The number of ether oxygens (including phenoxy) is 1. The van der Waals surface area contributed by atoms with E-state index in [9.17, 15) is 4.79 Å². The number of rotatable bonds is 6. The zero-order valence-corrected chi connectivity index (χ0v) is 20.8. The number of hydrogen-bond acceptors (Lipinski definition) is 5. The second-order valence-electron chi connectivity index (χ2n) is 8.77. The molecule has 5 aromatic rings. The number of nitrogens with one attached hydrogen (secondary N) is 1. The van der Waals surface area contributed by atoms with Gasteiger partial charge in [-0.2, -0.15) is 10.4 Å². The highest BCUT2D eigenvalue weighted by Crippen LogP contribution is 2.28. The van der Waals surface area contributed by atoms with Crippen LogP contribution in [0, 0.1) is 25.2 Å². The van der Waals surface area contributed by atoms with E-state index in [1.807, 2.05) is 85.3 Å². The molecule has 37 heavy (non-hydrogen) atoms. The van der Waals surface area contributed by atoms with E-state index in [4.69, 9.17) is 15.0 Å². The van der Waals surface area contributed by atoms with Crippen LogP contribution >= 0.6 is 0 Å². The van der Waals surface area contributed by atoms with E-state index in [0.29, 0.717) is 29.1 Å². The molecule has 0 fully saturated rings. The normalized spacial score (nSPS) is 10.8. The summed E-state index contributed by atoms with van der Waals surface area (Å²) in [7, 11) is 1.63. The molecular formula is C30H25N5O2. The molecule has 0 saturated heterocycles. The van der Waals surface area contributed by atoms with Crippen LogP contribution in [0.15, 0.2) is 78.9 Å². The Morgan fingerprint density at radius 3 is 2.46 bits per heavy atom. The zero-order valence-electron chi connectivity index (χ0n) is 20.8. The van der Waals surface area contributed by atoms with Crippen molar-refractivity contribution >= 4 is 22.5 Å². The fraction of sp³-hybridized carbons (Fsp3) is 0.133. The molecule has 5 rings (SSSR count). The van der Waals surface area contributed by atoms with Gasteiger partial charge in [0.25, 0.3) is 5.91 Å². The number of nitriles is 1. The van der Waals surface area contributed by atoms with Gasteiger partial charge in [0.15, 0.2) is 0 Å². The molecule has 7 heteroatoms. The first-order chi connectivity index (χ1) is 18.0. The number of hydrogen-bond donors (Lipinski definition) is 1. The lowest BCUT2D eigenvalue weighted by molar-refractivity contribution is 0.102. The number of benzene rings is 3. The van der Waals surface area contributed by atoms with Gasteiger partial charge in [-0.1, -0.05) is 30.3 Å². The predicted molar refractivity (Wildman–Crippen MR) is 144 cm³/mol. The summed E-state index contributed by atoms with van der Waals surface area (Å²) in [5.41, 5.74) is 6.78. The lowest BCUT2D eigenvalue weighted by Crippen LogP contribution is -2.14. The first kappa shape index (κ1) is 23.8. The predicted octanol–water partition coefficient (Wildman–Crippen LogP) is 5.90. The molecule has 0 unspecified atom stereocenters. The fourth-order valence-corrected chi connectivity index (χ4v) is 4.34. The van der Waals surface area contributed by atoms with Crippen LogP contribution in [0.5, 0.6) is 5.75 Å². The number of nitrogens with zero attached hydrogens (tertiary/aromatic N) is 4. The molecule has 0 spiro atoms. The number of methoxy groups -OCH3 is 1. The number of carbonyl (C=O) groups is 1. The highest BCUT2D eigenvalue weighted by molar-refractivity contribution is 6.13. The van der Waals surface area contributed by atoms with Crippen LogP contribution in [0.4, 0.5) is 5.69 Å². The lowest BCUT2D eigenvalue weighted by atomic mass is 10.0. The Hall–Kier alpha value is -4.96. The first-order valence-corrected chi connectivity index (χ1v) is 11.9. The minimum atomic E-state index is -0.225. The minimum Gasteiger partial charge on any atom is -0.497 e. The third-order valence-electron chi connectivity index (χ3n) is 6.38.